The second-order valence-corrected chi connectivity index (χ2v) is 5.30. The highest BCUT2D eigenvalue weighted by molar-refractivity contribution is 6.28. The molecule has 1 aromatic carbocycles. The number of anilines is 1. The van der Waals surface area contributed by atoms with E-state index in [4.69, 9.17) is 23.2 Å². The number of fused-ring (bicyclic) bond motifs is 1. The third-order valence-corrected chi connectivity index (χ3v) is 3.60. The minimum absolute atomic E-state index is 0.160. The highest BCUT2D eigenvalue weighted by atomic mass is 35.5. The Morgan fingerprint density at radius 2 is 2.21 bits per heavy atom. The van der Waals surface area contributed by atoms with Crippen molar-refractivity contribution >= 4 is 34.4 Å². The van der Waals surface area contributed by atoms with Gasteiger partial charge in [0.05, 0.1) is 12.9 Å². The average molecular weight is 346 g/mol. The average Bonchev–Trinajstić information content (AvgIpc) is 2.97. The van der Waals surface area contributed by atoms with Crippen molar-refractivity contribution in [2.24, 2.45) is 16.7 Å². The molecular weight excluding hydrogens is 330 g/mol. The van der Waals surface area contributed by atoms with Gasteiger partial charge < -0.3 is 15.6 Å². The molecule has 0 aliphatic carbocycles. The number of hydrogen-bond donors (Lipinski definition) is 4. The number of rotatable bonds is 5. The number of aromatic nitrogens is 4. The summed E-state index contributed by atoms with van der Waals surface area (Å²) in [7, 11) is 1.76. The molecule has 0 atom stereocenters. The van der Waals surface area contributed by atoms with E-state index in [9.17, 15) is 0 Å². The molecule has 0 aliphatic heterocycles. The number of nitrogens with one attached hydrogen (secondary N) is 2. The molecule has 0 saturated heterocycles. The van der Waals surface area contributed by atoms with Gasteiger partial charge in [-0.15, -0.1) is 5.10 Å². The first-order valence-corrected chi connectivity index (χ1v) is 7.44. The lowest BCUT2D eigenvalue weighted by Crippen LogP contribution is -2.23. The highest BCUT2D eigenvalue weighted by Crippen LogP contribution is 2.21. The van der Waals surface area contributed by atoms with Crippen molar-refractivity contribution in [1.29, 1.82) is 0 Å². The van der Waals surface area contributed by atoms with Crippen LogP contribution in [0.4, 0.5) is 5.82 Å². The van der Waals surface area contributed by atoms with Crippen LogP contribution in [0.1, 0.15) is 11.1 Å². The van der Waals surface area contributed by atoms with E-state index in [2.05, 4.69) is 30.9 Å². The van der Waals surface area contributed by atoms with Crippen LogP contribution >= 0.6 is 11.6 Å². The number of nitrogens with zero attached hydrogens (tertiary/aromatic N) is 5. The van der Waals surface area contributed by atoms with E-state index < -0.39 is 0 Å². The van der Waals surface area contributed by atoms with E-state index in [0.717, 1.165) is 11.1 Å². The van der Waals surface area contributed by atoms with Crippen LogP contribution in [-0.4, -0.2) is 32.4 Å². The maximum atomic E-state index is 5.98. The van der Waals surface area contributed by atoms with Gasteiger partial charge in [0.15, 0.2) is 22.8 Å². The zero-order chi connectivity index (χ0) is 17.1. The first-order valence-electron chi connectivity index (χ1n) is 7.06. The van der Waals surface area contributed by atoms with E-state index in [1.54, 1.807) is 13.4 Å². The van der Waals surface area contributed by atoms with Crippen molar-refractivity contribution in [2.45, 2.75) is 6.54 Å². The quantitative estimate of drug-likeness (QED) is 0.175. The molecule has 0 unspecified atom stereocenters. The lowest BCUT2D eigenvalue weighted by atomic mass is 10.1. The second kappa shape index (κ2) is 6.69. The minimum Gasteiger partial charge on any atom is -0.382 e. The Balaban J connectivity index is 1.97. The smallest absolute Gasteiger partial charge is 0.226 e. The van der Waals surface area contributed by atoms with Gasteiger partial charge in [0, 0.05) is 12.6 Å². The summed E-state index contributed by atoms with van der Waals surface area (Å²) in [5.74, 6) is 6.05. The van der Waals surface area contributed by atoms with Crippen LogP contribution in [0.25, 0.3) is 11.2 Å². The summed E-state index contributed by atoms with van der Waals surface area (Å²) >= 11 is 5.98. The number of hydrogen-bond acceptors (Lipinski definition) is 7. The number of benzene rings is 1. The molecule has 0 radical (unpaired) electrons. The molecule has 0 amide bonds. The molecular formula is C14H16ClN9. The predicted molar refractivity (Wildman–Crippen MR) is 93.5 cm³/mol. The Morgan fingerprint density at radius 3 is 2.96 bits per heavy atom. The molecule has 0 spiro atoms. The largest absolute Gasteiger partial charge is 0.382 e. The van der Waals surface area contributed by atoms with Gasteiger partial charge >= 0.3 is 0 Å². The standard InChI is InChI=1S/C14H16ClN9/c1-18-12-10-13(21-14(15)20-12)24(7-19-10)6-8-3-2-4-9(5-8)11(16)22-23-17/h2-5,7,23H,6,17H2,1H3,(H2,16,22)(H,18,20,21). The predicted octanol–water partition coefficient (Wildman–Crippen LogP) is 0.653. The molecule has 24 heavy (non-hydrogen) atoms. The van der Waals surface area contributed by atoms with E-state index in [0.29, 0.717) is 29.4 Å². The van der Waals surface area contributed by atoms with Crippen LogP contribution in [0.5, 0.6) is 0 Å². The van der Waals surface area contributed by atoms with Crippen LogP contribution in [0.2, 0.25) is 5.28 Å². The summed E-state index contributed by atoms with van der Waals surface area (Å²) in [6, 6.07) is 7.64. The van der Waals surface area contributed by atoms with Crippen molar-refractivity contribution < 1.29 is 0 Å². The number of hydrazine groups is 1. The van der Waals surface area contributed by atoms with Crippen molar-refractivity contribution in [2.75, 3.05) is 12.4 Å². The highest BCUT2D eigenvalue weighted by Gasteiger charge is 2.12. The maximum absolute atomic E-state index is 5.98. The summed E-state index contributed by atoms with van der Waals surface area (Å²) in [5, 5.41) is 6.90. The molecule has 2 aromatic heterocycles. The normalized spacial score (nSPS) is 11.7. The monoisotopic (exact) mass is 345 g/mol. The van der Waals surface area contributed by atoms with Gasteiger partial charge in [0.1, 0.15) is 0 Å². The lowest BCUT2D eigenvalue weighted by Gasteiger charge is -2.07. The number of nitrogens with two attached hydrogens (primary N) is 2. The SMILES string of the molecule is CNc1nc(Cl)nc2c1ncn2Cc1cccc(/C(N)=N/NN)c1. The lowest BCUT2D eigenvalue weighted by molar-refractivity contribution is 0.802. The zero-order valence-corrected chi connectivity index (χ0v) is 13.6. The second-order valence-electron chi connectivity index (χ2n) is 4.96. The Bertz CT molecular complexity index is 902. The molecule has 2 heterocycles. The summed E-state index contributed by atoms with van der Waals surface area (Å²) in [6.45, 7) is 0.546. The van der Waals surface area contributed by atoms with E-state index >= 15 is 0 Å². The topological polar surface area (TPSA) is 132 Å². The first kappa shape index (κ1) is 16.0. The Labute approximate surface area is 142 Å². The van der Waals surface area contributed by atoms with Gasteiger partial charge in [-0.3, -0.25) is 0 Å². The summed E-state index contributed by atoms with van der Waals surface area (Å²) in [5.41, 5.74) is 11.1. The molecule has 10 heteroatoms. The third-order valence-electron chi connectivity index (χ3n) is 3.43. The zero-order valence-electron chi connectivity index (χ0n) is 12.9. The van der Waals surface area contributed by atoms with Gasteiger partial charge in [-0.25, -0.2) is 16.4 Å². The van der Waals surface area contributed by atoms with Gasteiger partial charge in [-0.05, 0) is 23.2 Å². The number of imidazole rings is 1. The molecule has 0 fully saturated rings. The number of halogens is 1. The molecule has 3 rings (SSSR count). The van der Waals surface area contributed by atoms with Crippen LogP contribution in [0.3, 0.4) is 0 Å². The summed E-state index contributed by atoms with van der Waals surface area (Å²) in [6.07, 6.45) is 1.70. The fraction of sp³-hybridized carbons (Fsp3) is 0.143. The Kier molecular flexibility index (Phi) is 4.45. The molecule has 6 N–H and O–H groups in total. The van der Waals surface area contributed by atoms with Gasteiger partial charge in [-0.2, -0.15) is 9.97 Å². The molecule has 0 saturated carbocycles. The van der Waals surface area contributed by atoms with Crippen LogP contribution in [-0.2, 0) is 6.54 Å². The summed E-state index contributed by atoms with van der Waals surface area (Å²) in [4.78, 5) is 12.7. The van der Waals surface area contributed by atoms with E-state index in [-0.39, 0.29) is 5.28 Å². The fourth-order valence-corrected chi connectivity index (χ4v) is 2.53. The van der Waals surface area contributed by atoms with Crippen LogP contribution in [0, 0.1) is 0 Å². The van der Waals surface area contributed by atoms with E-state index in [1.165, 1.54) is 0 Å². The summed E-state index contributed by atoms with van der Waals surface area (Å²) < 4.78 is 1.89. The van der Waals surface area contributed by atoms with Gasteiger partial charge in [-0.1, -0.05) is 18.2 Å². The molecule has 0 bridgehead atoms. The van der Waals surface area contributed by atoms with Crippen molar-refractivity contribution in [3.05, 3.63) is 47.0 Å². The molecule has 9 nitrogen and oxygen atoms in total. The minimum atomic E-state index is 0.160. The van der Waals surface area contributed by atoms with Crippen LogP contribution in [0.15, 0.2) is 35.7 Å². The van der Waals surface area contributed by atoms with Crippen molar-refractivity contribution in [3.63, 3.8) is 0 Å². The molecule has 124 valence electrons. The van der Waals surface area contributed by atoms with Crippen LogP contribution < -0.4 is 22.4 Å². The van der Waals surface area contributed by atoms with E-state index in [1.807, 2.05) is 28.8 Å². The maximum Gasteiger partial charge on any atom is 0.226 e. The molecule has 0 aliphatic rings. The van der Waals surface area contributed by atoms with Crippen molar-refractivity contribution in [1.82, 2.24) is 25.1 Å². The third kappa shape index (κ3) is 3.07. The number of hydrazone groups is 1. The van der Waals surface area contributed by atoms with Gasteiger partial charge in [0.2, 0.25) is 5.28 Å². The molecule has 3 aromatic rings. The van der Waals surface area contributed by atoms with Crippen molar-refractivity contribution in [3.8, 4) is 0 Å². The van der Waals surface area contributed by atoms with Gasteiger partial charge in [0.25, 0.3) is 0 Å². The first-order chi connectivity index (χ1) is 11.6. The fourth-order valence-electron chi connectivity index (χ4n) is 2.37. The number of amidine groups is 1. The Hall–Kier alpha value is -2.91. The Morgan fingerprint density at radius 1 is 1.38 bits per heavy atom.